The minimum Gasteiger partial charge on any atom is -0.207 e. The number of hydrogen-bond donors (Lipinski definition) is 0. The molecule has 1 saturated carbocycles. The maximum Gasteiger partial charge on any atom is 0.243 e. The monoisotopic (exact) mass is 282 g/mol. The lowest BCUT2D eigenvalue weighted by Gasteiger charge is -2.23. The van der Waals surface area contributed by atoms with E-state index in [0.29, 0.717) is 0 Å². The van der Waals surface area contributed by atoms with Crippen molar-refractivity contribution in [1.82, 2.24) is 4.31 Å². The lowest BCUT2D eigenvalue weighted by molar-refractivity contribution is 0.373. The first-order chi connectivity index (χ1) is 8.96. The molecule has 0 N–H and O–H groups in total. The average molecular weight is 282 g/mol. The molecule has 1 aliphatic rings. The first-order valence-corrected chi connectivity index (χ1v) is 7.58. The molecule has 0 aliphatic heterocycles. The fourth-order valence-electron chi connectivity index (χ4n) is 2.38. The van der Waals surface area contributed by atoms with Crippen molar-refractivity contribution in [3.8, 4) is 6.07 Å². The predicted octanol–water partition coefficient (Wildman–Crippen LogP) is 2.26. The normalized spacial score (nSPS) is 16.7. The van der Waals surface area contributed by atoms with Gasteiger partial charge in [0.05, 0.1) is 10.5 Å². The van der Waals surface area contributed by atoms with Crippen molar-refractivity contribution in [3.63, 3.8) is 0 Å². The Morgan fingerprint density at radius 1 is 1.37 bits per heavy atom. The van der Waals surface area contributed by atoms with Gasteiger partial charge in [0.1, 0.15) is 11.9 Å². The van der Waals surface area contributed by atoms with Gasteiger partial charge in [-0.05, 0) is 31.0 Å². The van der Waals surface area contributed by atoms with Gasteiger partial charge in [0.2, 0.25) is 10.0 Å². The topological polar surface area (TPSA) is 61.2 Å². The minimum absolute atomic E-state index is 0.000545. The van der Waals surface area contributed by atoms with Crippen LogP contribution in [0.3, 0.4) is 0 Å². The van der Waals surface area contributed by atoms with Gasteiger partial charge in [-0.1, -0.05) is 12.8 Å². The predicted molar refractivity (Wildman–Crippen MR) is 68.3 cm³/mol. The van der Waals surface area contributed by atoms with Crippen molar-refractivity contribution in [2.24, 2.45) is 0 Å². The Balaban J connectivity index is 2.36. The summed E-state index contributed by atoms with van der Waals surface area (Å²) in [5.41, 5.74) is -0.249. The number of rotatable bonds is 3. The molecule has 0 bridgehead atoms. The Bertz CT molecular complexity index is 616. The third-order valence-corrected chi connectivity index (χ3v) is 5.48. The minimum atomic E-state index is -3.66. The molecule has 0 aromatic heterocycles. The highest BCUT2D eigenvalue weighted by Gasteiger charge is 2.30. The molecule has 1 aliphatic carbocycles. The Hall–Kier alpha value is -1.45. The Kier molecular flexibility index (Phi) is 3.88. The molecular formula is C13H15FN2O2S. The smallest absolute Gasteiger partial charge is 0.207 e. The van der Waals surface area contributed by atoms with Gasteiger partial charge in [0, 0.05) is 13.1 Å². The van der Waals surface area contributed by atoms with Gasteiger partial charge in [-0.25, -0.2) is 12.8 Å². The zero-order valence-electron chi connectivity index (χ0n) is 10.6. The summed E-state index contributed by atoms with van der Waals surface area (Å²) >= 11 is 0. The summed E-state index contributed by atoms with van der Waals surface area (Å²) in [7, 11) is -2.11. The molecule has 1 aromatic carbocycles. The summed E-state index contributed by atoms with van der Waals surface area (Å²) in [6.07, 6.45) is 3.75. The van der Waals surface area contributed by atoms with Crippen LogP contribution in [-0.2, 0) is 10.0 Å². The van der Waals surface area contributed by atoms with Gasteiger partial charge in [0.15, 0.2) is 0 Å². The average Bonchev–Trinajstić information content (AvgIpc) is 2.91. The molecule has 1 aromatic rings. The van der Waals surface area contributed by atoms with Gasteiger partial charge >= 0.3 is 0 Å². The Morgan fingerprint density at radius 3 is 2.58 bits per heavy atom. The van der Waals surface area contributed by atoms with Gasteiger partial charge in [-0.2, -0.15) is 9.57 Å². The van der Waals surface area contributed by atoms with E-state index in [-0.39, 0.29) is 16.5 Å². The van der Waals surface area contributed by atoms with Crippen molar-refractivity contribution < 1.29 is 12.8 Å². The zero-order chi connectivity index (χ0) is 14.0. The summed E-state index contributed by atoms with van der Waals surface area (Å²) in [6.45, 7) is 0. The number of sulfonamides is 1. The van der Waals surface area contributed by atoms with E-state index in [2.05, 4.69) is 0 Å². The third kappa shape index (κ3) is 2.62. The zero-order valence-corrected chi connectivity index (χ0v) is 11.5. The Morgan fingerprint density at radius 2 is 2.00 bits per heavy atom. The molecule has 0 amide bonds. The highest BCUT2D eigenvalue weighted by Crippen LogP contribution is 2.27. The lowest BCUT2D eigenvalue weighted by Crippen LogP contribution is -2.35. The van der Waals surface area contributed by atoms with Crippen LogP contribution in [0.15, 0.2) is 23.1 Å². The maximum atomic E-state index is 13.2. The quantitative estimate of drug-likeness (QED) is 0.854. The van der Waals surface area contributed by atoms with E-state index in [1.165, 1.54) is 10.4 Å². The fraction of sp³-hybridized carbons (Fsp3) is 0.462. The van der Waals surface area contributed by atoms with Crippen LogP contribution in [0.2, 0.25) is 0 Å². The number of halogens is 1. The molecule has 0 saturated heterocycles. The molecular weight excluding hydrogens is 267 g/mol. The molecule has 0 radical (unpaired) electrons. The Labute approximate surface area is 112 Å². The highest BCUT2D eigenvalue weighted by molar-refractivity contribution is 7.89. The molecule has 0 spiro atoms. The van der Waals surface area contributed by atoms with Crippen LogP contribution in [-0.4, -0.2) is 25.8 Å². The maximum absolute atomic E-state index is 13.2. The summed E-state index contributed by atoms with van der Waals surface area (Å²) in [4.78, 5) is -0.0279. The van der Waals surface area contributed by atoms with Crippen LogP contribution in [0, 0.1) is 17.1 Å². The van der Waals surface area contributed by atoms with E-state index >= 15 is 0 Å². The third-order valence-electron chi connectivity index (χ3n) is 3.57. The SMILES string of the molecule is CN(C1CCCC1)S(=O)(=O)c1ccc(F)c(C#N)c1. The van der Waals surface area contributed by atoms with Crippen LogP contribution in [0.4, 0.5) is 4.39 Å². The van der Waals surface area contributed by atoms with E-state index in [0.717, 1.165) is 37.8 Å². The molecule has 102 valence electrons. The number of hydrogen-bond acceptors (Lipinski definition) is 3. The second-order valence-corrected chi connectivity index (χ2v) is 6.71. The van der Waals surface area contributed by atoms with Crippen LogP contribution in [0.1, 0.15) is 31.2 Å². The van der Waals surface area contributed by atoms with Crippen molar-refractivity contribution >= 4 is 10.0 Å². The molecule has 2 rings (SSSR count). The molecule has 0 unspecified atom stereocenters. The highest BCUT2D eigenvalue weighted by atomic mass is 32.2. The van der Waals surface area contributed by atoms with Gasteiger partial charge in [-0.3, -0.25) is 0 Å². The number of nitriles is 1. The van der Waals surface area contributed by atoms with Crippen LogP contribution < -0.4 is 0 Å². The molecule has 0 heterocycles. The molecule has 1 fully saturated rings. The summed E-state index contributed by atoms with van der Waals surface area (Å²) in [6, 6.07) is 4.98. The van der Waals surface area contributed by atoms with Crippen molar-refractivity contribution in [1.29, 1.82) is 5.26 Å². The van der Waals surface area contributed by atoms with E-state index in [9.17, 15) is 12.8 Å². The van der Waals surface area contributed by atoms with Crippen LogP contribution in [0.5, 0.6) is 0 Å². The summed E-state index contributed by atoms with van der Waals surface area (Å²) in [5, 5.41) is 8.76. The summed E-state index contributed by atoms with van der Waals surface area (Å²) in [5.74, 6) is -0.704. The van der Waals surface area contributed by atoms with Crippen molar-refractivity contribution in [2.75, 3.05) is 7.05 Å². The molecule has 6 heteroatoms. The van der Waals surface area contributed by atoms with E-state index in [1.807, 2.05) is 0 Å². The second kappa shape index (κ2) is 5.27. The summed E-state index contributed by atoms with van der Waals surface area (Å²) < 4.78 is 39.4. The van der Waals surface area contributed by atoms with Crippen LogP contribution >= 0.6 is 0 Å². The largest absolute Gasteiger partial charge is 0.243 e. The number of nitrogens with zero attached hydrogens (tertiary/aromatic N) is 2. The first-order valence-electron chi connectivity index (χ1n) is 6.14. The standard InChI is InChI=1S/C13H15FN2O2S/c1-16(11-4-2-3-5-11)19(17,18)12-6-7-13(14)10(8-12)9-15/h6-8,11H,2-5H2,1H3. The van der Waals surface area contributed by atoms with Gasteiger partial charge in [0.25, 0.3) is 0 Å². The first kappa shape index (κ1) is 14.0. The lowest BCUT2D eigenvalue weighted by atomic mass is 10.2. The molecule has 0 atom stereocenters. The van der Waals surface area contributed by atoms with Crippen molar-refractivity contribution in [3.05, 3.63) is 29.6 Å². The van der Waals surface area contributed by atoms with E-state index < -0.39 is 15.8 Å². The van der Waals surface area contributed by atoms with Crippen molar-refractivity contribution in [2.45, 2.75) is 36.6 Å². The van der Waals surface area contributed by atoms with E-state index in [4.69, 9.17) is 5.26 Å². The van der Waals surface area contributed by atoms with Gasteiger partial charge in [-0.15, -0.1) is 0 Å². The molecule has 19 heavy (non-hydrogen) atoms. The fourth-order valence-corrected chi connectivity index (χ4v) is 3.82. The molecule has 4 nitrogen and oxygen atoms in total. The van der Waals surface area contributed by atoms with E-state index in [1.54, 1.807) is 13.1 Å². The second-order valence-electron chi connectivity index (χ2n) is 4.71. The van der Waals surface area contributed by atoms with Crippen LogP contribution in [0.25, 0.3) is 0 Å². The number of benzene rings is 1. The van der Waals surface area contributed by atoms with Gasteiger partial charge < -0.3 is 0 Å².